The van der Waals surface area contributed by atoms with E-state index in [-0.39, 0.29) is 6.04 Å². The molecule has 0 bridgehead atoms. The highest BCUT2D eigenvalue weighted by Crippen LogP contribution is 2.31. The summed E-state index contributed by atoms with van der Waals surface area (Å²) in [5.74, 6) is 1.94. The Morgan fingerprint density at radius 2 is 2.20 bits per heavy atom. The van der Waals surface area contributed by atoms with Crippen molar-refractivity contribution in [2.24, 2.45) is 0 Å². The first-order valence-electron chi connectivity index (χ1n) is 7.32. The van der Waals surface area contributed by atoms with Crippen molar-refractivity contribution >= 4 is 0 Å². The molecule has 0 aliphatic heterocycles. The molecule has 1 aromatic heterocycles. The average Bonchev–Trinajstić information content (AvgIpc) is 3.16. The zero-order valence-electron chi connectivity index (χ0n) is 12.1. The second-order valence-electron chi connectivity index (χ2n) is 5.35. The van der Waals surface area contributed by atoms with Crippen LogP contribution in [0.3, 0.4) is 0 Å². The van der Waals surface area contributed by atoms with E-state index in [0.717, 1.165) is 18.1 Å². The van der Waals surface area contributed by atoms with Crippen LogP contribution >= 0.6 is 0 Å². The largest absolute Gasteiger partial charge is 0.490 e. The van der Waals surface area contributed by atoms with E-state index in [1.807, 2.05) is 12.1 Å². The third-order valence-electron chi connectivity index (χ3n) is 3.59. The molecule has 0 amide bonds. The highest BCUT2D eigenvalue weighted by molar-refractivity contribution is 5.36. The molecular weight excluding hydrogens is 250 g/mol. The number of rotatable bonds is 6. The average molecular weight is 271 g/mol. The lowest BCUT2D eigenvalue weighted by molar-refractivity contribution is 0.302. The third kappa shape index (κ3) is 2.88. The van der Waals surface area contributed by atoms with Crippen LogP contribution in [0.15, 0.2) is 41.0 Å². The van der Waals surface area contributed by atoms with Gasteiger partial charge in [0.1, 0.15) is 11.5 Å². The van der Waals surface area contributed by atoms with Gasteiger partial charge in [0.05, 0.1) is 18.4 Å². The van der Waals surface area contributed by atoms with Crippen molar-refractivity contribution in [3.8, 4) is 5.75 Å². The molecule has 106 valence electrons. The van der Waals surface area contributed by atoms with Crippen LogP contribution in [0.4, 0.5) is 0 Å². The number of ether oxygens (including phenoxy) is 1. The quantitative estimate of drug-likeness (QED) is 0.867. The van der Waals surface area contributed by atoms with Gasteiger partial charge >= 0.3 is 0 Å². The fourth-order valence-electron chi connectivity index (χ4n) is 2.39. The normalized spacial score (nSPS) is 16.1. The van der Waals surface area contributed by atoms with Crippen molar-refractivity contribution in [3.63, 3.8) is 0 Å². The van der Waals surface area contributed by atoms with Gasteiger partial charge in [-0.05, 0) is 55.6 Å². The Balaban J connectivity index is 1.88. The van der Waals surface area contributed by atoms with Gasteiger partial charge < -0.3 is 14.5 Å². The first-order valence-corrected chi connectivity index (χ1v) is 7.32. The molecule has 1 atom stereocenters. The molecule has 3 nitrogen and oxygen atoms in total. The van der Waals surface area contributed by atoms with Crippen LogP contribution < -0.4 is 10.1 Å². The minimum Gasteiger partial charge on any atom is -0.490 e. The predicted octanol–water partition coefficient (Wildman–Crippen LogP) is 3.83. The maximum atomic E-state index is 5.88. The molecule has 0 saturated heterocycles. The lowest BCUT2D eigenvalue weighted by atomic mass is 10.0. The smallest absolute Gasteiger partial charge is 0.128 e. The maximum Gasteiger partial charge on any atom is 0.128 e. The van der Waals surface area contributed by atoms with Gasteiger partial charge in [-0.1, -0.05) is 19.1 Å². The Morgan fingerprint density at radius 1 is 1.35 bits per heavy atom. The lowest BCUT2D eigenvalue weighted by Crippen LogP contribution is -2.22. The van der Waals surface area contributed by atoms with Crippen LogP contribution in [0.1, 0.15) is 42.7 Å². The molecule has 2 aromatic rings. The topological polar surface area (TPSA) is 34.4 Å². The first-order chi connectivity index (χ1) is 9.78. The molecule has 1 N–H and O–H groups in total. The second kappa shape index (κ2) is 5.71. The summed E-state index contributed by atoms with van der Waals surface area (Å²) in [6.45, 7) is 5.07. The highest BCUT2D eigenvalue weighted by Gasteiger charge is 2.24. The second-order valence-corrected chi connectivity index (χ2v) is 5.35. The van der Waals surface area contributed by atoms with Crippen LogP contribution in [0, 0.1) is 6.92 Å². The van der Waals surface area contributed by atoms with E-state index in [4.69, 9.17) is 9.15 Å². The molecule has 0 radical (unpaired) electrons. The van der Waals surface area contributed by atoms with E-state index in [0.29, 0.717) is 6.10 Å². The summed E-state index contributed by atoms with van der Waals surface area (Å²) in [4.78, 5) is 0. The van der Waals surface area contributed by atoms with Gasteiger partial charge in [-0.25, -0.2) is 0 Å². The minimum atomic E-state index is 0.0813. The van der Waals surface area contributed by atoms with Crippen LogP contribution in [0.25, 0.3) is 0 Å². The minimum absolute atomic E-state index is 0.0813. The van der Waals surface area contributed by atoms with Crippen molar-refractivity contribution in [2.75, 3.05) is 6.54 Å². The van der Waals surface area contributed by atoms with Crippen molar-refractivity contribution in [2.45, 2.75) is 38.8 Å². The summed E-state index contributed by atoms with van der Waals surface area (Å²) in [6.07, 6.45) is 4.53. The number of hydrogen-bond acceptors (Lipinski definition) is 3. The van der Waals surface area contributed by atoms with Crippen LogP contribution in [0.2, 0.25) is 0 Å². The molecule has 3 heteroatoms. The molecular formula is C17H21NO2. The summed E-state index contributed by atoms with van der Waals surface area (Å²) < 4.78 is 11.5. The Morgan fingerprint density at radius 3 is 2.85 bits per heavy atom. The zero-order chi connectivity index (χ0) is 13.9. The molecule has 0 spiro atoms. The summed E-state index contributed by atoms with van der Waals surface area (Å²) in [5.41, 5.74) is 2.35. The first kappa shape index (κ1) is 13.3. The summed E-state index contributed by atoms with van der Waals surface area (Å²) in [5, 5.41) is 3.49. The van der Waals surface area contributed by atoms with Gasteiger partial charge in [-0.2, -0.15) is 0 Å². The number of aryl methyl sites for hydroxylation is 1. The molecule has 20 heavy (non-hydrogen) atoms. The predicted molar refractivity (Wildman–Crippen MR) is 79.1 cm³/mol. The van der Waals surface area contributed by atoms with Crippen LogP contribution in [-0.2, 0) is 0 Å². The Kier molecular flexibility index (Phi) is 3.79. The van der Waals surface area contributed by atoms with E-state index in [1.54, 1.807) is 6.26 Å². The van der Waals surface area contributed by atoms with E-state index in [9.17, 15) is 0 Å². The van der Waals surface area contributed by atoms with Crippen LogP contribution in [-0.4, -0.2) is 12.6 Å². The molecule has 1 saturated carbocycles. The molecule has 1 unspecified atom stereocenters. The van der Waals surface area contributed by atoms with Gasteiger partial charge in [0.15, 0.2) is 0 Å². The number of nitrogens with one attached hydrogen (secondary N) is 1. The van der Waals surface area contributed by atoms with Crippen molar-refractivity contribution < 1.29 is 9.15 Å². The third-order valence-corrected chi connectivity index (χ3v) is 3.59. The van der Waals surface area contributed by atoms with E-state index >= 15 is 0 Å². The van der Waals surface area contributed by atoms with Gasteiger partial charge in [0.2, 0.25) is 0 Å². The maximum absolute atomic E-state index is 5.88. The van der Waals surface area contributed by atoms with Gasteiger partial charge in [-0.15, -0.1) is 0 Å². The Labute approximate surface area is 119 Å². The SMILES string of the molecule is CCNC(c1cccc(OC2CC2)c1)c1occc1C. The standard InChI is InChI=1S/C17H21NO2/c1-3-18-16(17-12(2)9-10-19-17)13-5-4-6-15(11-13)20-14-7-8-14/h4-6,9-11,14,16,18H,3,7-8H2,1-2H3. The summed E-state index contributed by atoms with van der Waals surface area (Å²) in [7, 11) is 0. The monoisotopic (exact) mass is 271 g/mol. The Hall–Kier alpha value is -1.74. The van der Waals surface area contributed by atoms with Crippen molar-refractivity contribution in [1.82, 2.24) is 5.32 Å². The number of hydrogen-bond donors (Lipinski definition) is 1. The summed E-state index contributed by atoms with van der Waals surface area (Å²) >= 11 is 0. The molecule has 1 aromatic carbocycles. The van der Waals surface area contributed by atoms with E-state index in [1.165, 1.54) is 24.0 Å². The Bertz CT molecular complexity index is 572. The molecule has 1 aliphatic rings. The van der Waals surface area contributed by atoms with E-state index in [2.05, 4.69) is 37.4 Å². The lowest BCUT2D eigenvalue weighted by Gasteiger charge is -2.18. The van der Waals surface area contributed by atoms with Gasteiger partial charge in [-0.3, -0.25) is 0 Å². The van der Waals surface area contributed by atoms with Crippen molar-refractivity contribution in [1.29, 1.82) is 0 Å². The highest BCUT2D eigenvalue weighted by atomic mass is 16.5. The fourth-order valence-corrected chi connectivity index (χ4v) is 2.39. The summed E-state index contributed by atoms with van der Waals surface area (Å²) in [6, 6.07) is 10.4. The van der Waals surface area contributed by atoms with Crippen molar-refractivity contribution in [3.05, 3.63) is 53.5 Å². The fraction of sp³-hybridized carbons (Fsp3) is 0.412. The zero-order valence-corrected chi connectivity index (χ0v) is 12.1. The van der Waals surface area contributed by atoms with Crippen LogP contribution in [0.5, 0.6) is 5.75 Å². The number of benzene rings is 1. The molecule has 1 aliphatic carbocycles. The molecule has 1 fully saturated rings. The number of furan rings is 1. The molecule has 3 rings (SSSR count). The van der Waals surface area contributed by atoms with E-state index < -0.39 is 0 Å². The van der Waals surface area contributed by atoms with Gasteiger partial charge in [0, 0.05) is 0 Å². The van der Waals surface area contributed by atoms with Gasteiger partial charge in [0.25, 0.3) is 0 Å². The molecule has 1 heterocycles.